The van der Waals surface area contributed by atoms with Crippen LogP contribution in [0.1, 0.15) is 28.8 Å². The van der Waals surface area contributed by atoms with E-state index in [1.54, 1.807) is 42.5 Å². The van der Waals surface area contributed by atoms with Crippen LogP contribution in [0.25, 0.3) is 6.08 Å². The van der Waals surface area contributed by atoms with Gasteiger partial charge in [0, 0.05) is 23.4 Å². The second-order valence-corrected chi connectivity index (χ2v) is 6.34. The molecule has 138 valence electrons. The molecule has 1 saturated carbocycles. The van der Waals surface area contributed by atoms with E-state index >= 15 is 0 Å². The molecule has 3 N–H and O–H groups in total. The van der Waals surface area contributed by atoms with E-state index in [9.17, 15) is 14.4 Å². The van der Waals surface area contributed by atoms with Crippen LogP contribution >= 0.6 is 0 Å². The quantitative estimate of drug-likeness (QED) is 0.660. The van der Waals surface area contributed by atoms with Crippen molar-refractivity contribution in [2.75, 3.05) is 11.9 Å². The molecule has 3 rings (SSSR count). The van der Waals surface area contributed by atoms with Gasteiger partial charge in [-0.2, -0.15) is 0 Å². The second kappa shape index (κ2) is 8.80. The van der Waals surface area contributed by atoms with Crippen molar-refractivity contribution in [3.63, 3.8) is 0 Å². The van der Waals surface area contributed by atoms with E-state index in [4.69, 9.17) is 0 Å². The van der Waals surface area contributed by atoms with Gasteiger partial charge in [-0.15, -0.1) is 0 Å². The molecule has 2 aromatic carbocycles. The van der Waals surface area contributed by atoms with E-state index in [0.29, 0.717) is 17.3 Å². The van der Waals surface area contributed by atoms with E-state index < -0.39 is 0 Å². The smallest absolute Gasteiger partial charge is 0.251 e. The van der Waals surface area contributed by atoms with Crippen molar-refractivity contribution in [1.29, 1.82) is 0 Å². The summed E-state index contributed by atoms with van der Waals surface area (Å²) in [6.07, 6.45) is 5.08. The highest BCUT2D eigenvalue weighted by Gasteiger charge is 2.23. The predicted molar refractivity (Wildman–Crippen MR) is 104 cm³/mol. The molecule has 1 aliphatic rings. The van der Waals surface area contributed by atoms with Crippen LogP contribution in [0.2, 0.25) is 0 Å². The van der Waals surface area contributed by atoms with E-state index in [-0.39, 0.29) is 24.3 Å². The minimum atomic E-state index is -0.367. The van der Waals surface area contributed by atoms with Crippen molar-refractivity contribution < 1.29 is 14.4 Å². The third-order valence-corrected chi connectivity index (χ3v) is 3.99. The number of carbonyl (C=O) groups excluding carboxylic acids is 3. The number of rotatable bonds is 7. The highest BCUT2D eigenvalue weighted by Crippen LogP contribution is 2.19. The zero-order valence-electron chi connectivity index (χ0n) is 14.8. The molecular formula is C21H21N3O3. The lowest BCUT2D eigenvalue weighted by atomic mass is 10.1. The van der Waals surface area contributed by atoms with Crippen molar-refractivity contribution in [2.24, 2.45) is 0 Å². The fourth-order valence-electron chi connectivity index (χ4n) is 2.37. The van der Waals surface area contributed by atoms with E-state index in [1.165, 1.54) is 6.08 Å². The summed E-state index contributed by atoms with van der Waals surface area (Å²) in [6, 6.07) is 16.3. The van der Waals surface area contributed by atoms with Crippen LogP contribution < -0.4 is 16.0 Å². The molecule has 0 saturated heterocycles. The Morgan fingerprint density at radius 2 is 1.67 bits per heavy atom. The summed E-state index contributed by atoms with van der Waals surface area (Å²) in [5, 5.41) is 8.14. The number of para-hydroxylation sites is 1. The van der Waals surface area contributed by atoms with Crippen LogP contribution in [0.3, 0.4) is 0 Å². The fraction of sp³-hybridized carbons (Fsp3) is 0.190. The van der Waals surface area contributed by atoms with Crippen molar-refractivity contribution in [2.45, 2.75) is 18.9 Å². The Morgan fingerprint density at radius 1 is 0.963 bits per heavy atom. The number of amides is 3. The monoisotopic (exact) mass is 363 g/mol. The van der Waals surface area contributed by atoms with Crippen LogP contribution in [-0.2, 0) is 9.59 Å². The molecule has 2 aromatic rings. The molecule has 6 nitrogen and oxygen atoms in total. The van der Waals surface area contributed by atoms with E-state index in [2.05, 4.69) is 16.0 Å². The Balaban J connectivity index is 1.43. The van der Waals surface area contributed by atoms with Gasteiger partial charge in [0.2, 0.25) is 11.8 Å². The average molecular weight is 363 g/mol. The van der Waals surface area contributed by atoms with E-state index in [0.717, 1.165) is 18.4 Å². The Morgan fingerprint density at radius 3 is 2.33 bits per heavy atom. The van der Waals surface area contributed by atoms with Gasteiger partial charge in [-0.3, -0.25) is 14.4 Å². The molecule has 0 radical (unpaired) electrons. The highest BCUT2D eigenvalue weighted by molar-refractivity contribution is 5.98. The normalized spacial score (nSPS) is 13.2. The first-order valence-electron chi connectivity index (χ1n) is 8.82. The van der Waals surface area contributed by atoms with E-state index in [1.807, 2.05) is 18.2 Å². The van der Waals surface area contributed by atoms with Gasteiger partial charge in [0.1, 0.15) is 0 Å². The van der Waals surface area contributed by atoms with Crippen LogP contribution in [0.4, 0.5) is 5.69 Å². The molecule has 0 heterocycles. The Kier molecular flexibility index (Phi) is 5.99. The van der Waals surface area contributed by atoms with Crippen molar-refractivity contribution in [3.8, 4) is 0 Å². The number of anilines is 1. The summed E-state index contributed by atoms with van der Waals surface area (Å²) in [4.78, 5) is 35.5. The zero-order chi connectivity index (χ0) is 19.1. The molecule has 27 heavy (non-hydrogen) atoms. The molecule has 0 unspecified atom stereocenters. The SMILES string of the molecule is O=C(/C=C/c1ccc(C(=O)NC2CC2)cc1)NCC(=O)Nc1ccccc1. The second-order valence-electron chi connectivity index (χ2n) is 6.34. The molecule has 1 aliphatic carbocycles. The summed E-state index contributed by atoms with van der Waals surface area (Å²) in [5.74, 6) is -0.738. The zero-order valence-corrected chi connectivity index (χ0v) is 14.8. The van der Waals surface area contributed by atoms with Crippen LogP contribution in [-0.4, -0.2) is 30.3 Å². The molecule has 0 atom stereocenters. The number of nitrogens with one attached hydrogen (secondary N) is 3. The van der Waals surface area contributed by atoms with Crippen LogP contribution in [0.5, 0.6) is 0 Å². The summed E-state index contributed by atoms with van der Waals surface area (Å²) in [7, 11) is 0. The highest BCUT2D eigenvalue weighted by atomic mass is 16.2. The molecule has 0 spiro atoms. The summed E-state index contributed by atoms with van der Waals surface area (Å²) in [5.41, 5.74) is 2.07. The maximum atomic E-state index is 11.9. The molecule has 0 bridgehead atoms. The number of carbonyl (C=O) groups is 3. The number of benzene rings is 2. The first-order valence-corrected chi connectivity index (χ1v) is 8.82. The molecule has 3 amide bonds. The third-order valence-electron chi connectivity index (χ3n) is 3.99. The predicted octanol–water partition coefficient (Wildman–Crippen LogP) is 2.35. The van der Waals surface area contributed by atoms with Gasteiger partial charge >= 0.3 is 0 Å². The van der Waals surface area contributed by atoms with Gasteiger partial charge in [0.15, 0.2) is 0 Å². The van der Waals surface area contributed by atoms with Crippen LogP contribution in [0, 0.1) is 0 Å². The fourth-order valence-corrected chi connectivity index (χ4v) is 2.37. The lowest BCUT2D eigenvalue weighted by molar-refractivity contribution is -0.121. The van der Waals surface area contributed by atoms with Gasteiger partial charge in [-0.05, 0) is 48.7 Å². The number of hydrogen-bond donors (Lipinski definition) is 3. The first kappa shape index (κ1) is 18.4. The van der Waals surface area contributed by atoms with Gasteiger partial charge in [0.25, 0.3) is 5.91 Å². The van der Waals surface area contributed by atoms with Gasteiger partial charge in [-0.1, -0.05) is 30.3 Å². The minimum absolute atomic E-state index is 0.0739. The number of hydrogen-bond acceptors (Lipinski definition) is 3. The van der Waals surface area contributed by atoms with Crippen molar-refractivity contribution in [1.82, 2.24) is 10.6 Å². The Labute approximate surface area is 157 Å². The topological polar surface area (TPSA) is 87.3 Å². The van der Waals surface area contributed by atoms with Gasteiger partial charge in [0.05, 0.1) is 6.54 Å². The Hall–Kier alpha value is -3.41. The summed E-state index contributed by atoms with van der Waals surface area (Å²) < 4.78 is 0. The Bertz CT molecular complexity index is 841. The van der Waals surface area contributed by atoms with Gasteiger partial charge in [-0.25, -0.2) is 0 Å². The third kappa shape index (κ3) is 6.11. The molecule has 1 fully saturated rings. The van der Waals surface area contributed by atoms with Crippen molar-refractivity contribution >= 4 is 29.5 Å². The van der Waals surface area contributed by atoms with Gasteiger partial charge < -0.3 is 16.0 Å². The van der Waals surface area contributed by atoms with Crippen molar-refractivity contribution in [3.05, 3.63) is 71.8 Å². The molecule has 0 aliphatic heterocycles. The minimum Gasteiger partial charge on any atom is -0.349 e. The van der Waals surface area contributed by atoms with Crippen LogP contribution in [0.15, 0.2) is 60.7 Å². The first-order chi connectivity index (χ1) is 13.1. The summed E-state index contributed by atoms with van der Waals surface area (Å²) in [6.45, 7) is -0.113. The molecule has 6 heteroatoms. The maximum absolute atomic E-state index is 11.9. The lowest BCUT2D eigenvalue weighted by Gasteiger charge is -2.05. The molecule has 0 aromatic heterocycles. The molecular weight excluding hydrogens is 342 g/mol. The summed E-state index contributed by atoms with van der Waals surface area (Å²) >= 11 is 0. The maximum Gasteiger partial charge on any atom is 0.251 e. The largest absolute Gasteiger partial charge is 0.349 e. The standard InChI is InChI=1S/C21H21N3O3/c25-19(22-14-20(26)23-17-4-2-1-3-5-17)13-8-15-6-9-16(10-7-15)21(27)24-18-11-12-18/h1-10,13,18H,11-12,14H2,(H,22,25)(H,23,26)(H,24,27)/b13-8+. The lowest BCUT2D eigenvalue weighted by Crippen LogP contribution is -2.31. The average Bonchev–Trinajstić information content (AvgIpc) is 3.50.